The molecule has 0 aliphatic carbocycles. The molecule has 2 aromatic rings. The van der Waals surface area contributed by atoms with Gasteiger partial charge in [0, 0.05) is 16.6 Å². The van der Waals surface area contributed by atoms with Crippen molar-refractivity contribution < 1.29 is 9.13 Å². The summed E-state index contributed by atoms with van der Waals surface area (Å²) in [7, 11) is 0. The minimum Gasteiger partial charge on any atom is -0.484 e. The van der Waals surface area contributed by atoms with E-state index in [1.165, 1.54) is 18.2 Å². The molecular formula is C15H14BrClFNO. The quantitative estimate of drug-likeness (QED) is 0.859. The molecule has 2 rings (SSSR count). The lowest BCUT2D eigenvalue weighted by Gasteiger charge is -2.23. The summed E-state index contributed by atoms with van der Waals surface area (Å²) in [5, 5.41) is 0.0279. The minimum atomic E-state index is -0.473. The van der Waals surface area contributed by atoms with Crippen LogP contribution in [0, 0.1) is 5.82 Å². The Labute approximate surface area is 130 Å². The zero-order chi connectivity index (χ0) is 14.7. The summed E-state index contributed by atoms with van der Waals surface area (Å²) in [6, 6.07) is 11.7. The minimum absolute atomic E-state index is 0.0279. The van der Waals surface area contributed by atoms with Crippen LogP contribution < -0.4 is 10.5 Å². The Hall–Kier alpha value is -1.10. The molecule has 2 atom stereocenters. The van der Waals surface area contributed by atoms with Crippen molar-refractivity contribution in [3.05, 3.63) is 63.3 Å². The van der Waals surface area contributed by atoms with Crippen molar-refractivity contribution in [2.24, 2.45) is 5.73 Å². The Bertz CT molecular complexity index is 606. The highest BCUT2D eigenvalue weighted by Gasteiger charge is 2.19. The zero-order valence-electron chi connectivity index (χ0n) is 10.8. The molecule has 106 valence electrons. The molecule has 0 amide bonds. The molecule has 0 aliphatic rings. The molecule has 2 nitrogen and oxygen atoms in total. The van der Waals surface area contributed by atoms with E-state index in [-0.39, 0.29) is 17.2 Å². The molecule has 2 aromatic carbocycles. The fourth-order valence-electron chi connectivity index (χ4n) is 1.86. The number of rotatable bonds is 4. The van der Waals surface area contributed by atoms with Gasteiger partial charge in [0.05, 0.1) is 5.02 Å². The molecular weight excluding hydrogens is 345 g/mol. The van der Waals surface area contributed by atoms with E-state index < -0.39 is 5.82 Å². The third-order valence-electron chi connectivity index (χ3n) is 2.81. The standard InChI is InChI=1S/C15H14BrClFNO/c1-9(19)15(10-3-2-4-11(16)7-10)20-12-5-6-14(18)13(17)8-12/h2-9,15H,19H2,1H3. The topological polar surface area (TPSA) is 35.2 Å². The van der Waals surface area contributed by atoms with Gasteiger partial charge >= 0.3 is 0 Å². The smallest absolute Gasteiger partial charge is 0.142 e. The maximum Gasteiger partial charge on any atom is 0.142 e. The van der Waals surface area contributed by atoms with Crippen LogP contribution in [0.2, 0.25) is 5.02 Å². The maximum absolute atomic E-state index is 13.2. The van der Waals surface area contributed by atoms with Gasteiger partial charge in [-0.1, -0.05) is 39.7 Å². The first-order chi connectivity index (χ1) is 9.47. The third kappa shape index (κ3) is 3.72. The fourth-order valence-corrected chi connectivity index (χ4v) is 2.45. The molecule has 5 heteroatoms. The normalized spacial score (nSPS) is 13.8. The van der Waals surface area contributed by atoms with Gasteiger partial charge in [-0.05, 0) is 36.8 Å². The van der Waals surface area contributed by atoms with Crippen molar-refractivity contribution in [3.63, 3.8) is 0 Å². The Morgan fingerprint density at radius 3 is 2.60 bits per heavy atom. The lowest BCUT2D eigenvalue weighted by atomic mass is 10.0. The largest absolute Gasteiger partial charge is 0.484 e. The van der Waals surface area contributed by atoms with Crippen LogP contribution in [0.5, 0.6) is 5.75 Å². The van der Waals surface area contributed by atoms with Crippen LogP contribution in [-0.4, -0.2) is 6.04 Å². The van der Waals surface area contributed by atoms with E-state index in [9.17, 15) is 4.39 Å². The van der Waals surface area contributed by atoms with Crippen LogP contribution in [0.4, 0.5) is 4.39 Å². The fraction of sp³-hybridized carbons (Fsp3) is 0.200. The first-order valence-corrected chi connectivity index (χ1v) is 7.27. The molecule has 0 aromatic heterocycles. The maximum atomic E-state index is 13.2. The van der Waals surface area contributed by atoms with Crippen LogP contribution in [-0.2, 0) is 0 Å². The van der Waals surface area contributed by atoms with Gasteiger partial charge in [0.25, 0.3) is 0 Å². The van der Waals surface area contributed by atoms with Gasteiger partial charge in [-0.2, -0.15) is 0 Å². The predicted octanol–water partition coefficient (Wildman–Crippen LogP) is 4.71. The van der Waals surface area contributed by atoms with E-state index in [4.69, 9.17) is 22.1 Å². The summed E-state index contributed by atoms with van der Waals surface area (Å²) in [6.07, 6.45) is -0.339. The van der Waals surface area contributed by atoms with E-state index >= 15 is 0 Å². The highest BCUT2D eigenvalue weighted by Crippen LogP contribution is 2.28. The molecule has 0 bridgehead atoms. The number of halogens is 3. The van der Waals surface area contributed by atoms with Crippen molar-refractivity contribution in [2.45, 2.75) is 19.1 Å². The Morgan fingerprint density at radius 1 is 1.25 bits per heavy atom. The molecule has 0 radical (unpaired) electrons. The number of benzene rings is 2. The summed E-state index contributed by atoms with van der Waals surface area (Å²) in [6.45, 7) is 1.86. The predicted molar refractivity (Wildman–Crippen MR) is 82.6 cm³/mol. The summed E-state index contributed by atoms with van der Waals surface area (Å²) in [5.41, 5.74) is 6.93. The van der Waals surface area contributed by atoms with Crippen molar-refractivity contribution in [1.82, 2.24) is 0 Å². The van der Waals surface area contributed by atoms with Gasteiger partial charge < -0.3 is 10.5 Å². The van der Waals surface area contributed by atoms with Crippen LogP contribution in [0.3, 0.4) is 0 Å². The van der Waals surface area contributed by atoms with Gasteiger partial charge in [-0.15, -0.1) is 0 Å². The second kappa shape index (κ2) is 6.57. The highest BCUT2D eigenvalue weighted by atomic mass is 79.9. The number of ether oxygens (including phenoxy) is 1. The van der Waals surface area contributed by atoms with Crippen molar-refractivity contribution in [3.8, 4) is 5.75 Å². The SMILES string of the molecule is CC(N)C(Oc1ccc(F)c(Cl)c1)c1cccc(Br)c1. The van der Waals surface area contributed by atoms with Crippen molar-refractivity contribution in [1.29, 1.82) is 0 Å². The zero-order valence-corrected chi connectivity index (χ0v) is 13.2. The summed E-state index contributed by atoms with van der Waals surface area (Å²) in [5.74, 6) is 0.0116. The van der Waals surface area contributed by atoms with E-state index in [0.29, 0.717) is 5.75 Å². The molecule has 20 heavy (non-hydrogen) atoms. The van der Waals surface area contributed by atoms with Crippen molar-refractivity contribution in [2.75, 3.05) is 0 Å². The second-order valence-corrected chi connectivity index (χ2v) is 5.85. The van der Waals surface area contributed by atoms with E-state index in [2.05, 4.69) is 15.9 Å². The number of hydrogen-bond donors (Lipinski definition) is 1. The van der Waals surface area contributed by atoms with Crippen LogP contribution in [0.15, 0.2) is 46.9 Å². The Kier molecular flexibility index (Phi) is 5.02. The molecule has 0 aliphatic heterocycles. The number of nitrogens with two attached hydrogens (primary N) is 1. The number of hydrogen-bond acceptors (Lipinski definition) is 2. The molecule has 2 unspecified atom stereocenters. The Balaban J connectivity index is 2.28. The monoisotopic (exact) mass is 357 g/mol. The summed E-state index contributed by atoms with van der Waals surface area (Å²) in [4.78, 5) is 0. The van der Waals surface area contributed by atoms with Gasteiger partial charge in [0.15, 0.2) is 0 Å². The van der Waals surface area contributed by atoms with E-state index in [0.717, 1.165) is 10.0 Å². The molecule has 0 saturated carbocycles. The first kappa shape index (κ1) is 15.3. The van der Waals surface area contributed by atoms with Crippen LogP contribution in [0.25, 0.3) is 0 Å². The van der Waals surface area contributed by atoms with Gasteiger partial charge in [0.1, 0.15) is 17.7 Å². The second-order valence-electron chi connectivity index (χ2n) is 4.53. The van der Waals surface area contributed by atoms with Crippen molar-refractivity contribution >= 4 is 27.5 Å². The van der Waals surface area contributed by atoms with Crippen LogP contribution >= 0.6 is 27.5 Å². The average Bonchev–Trinajstić information content (AvgIpc) is 2.39. The average molecular weight is 359 g/mol. The highest BCUT2D eigenvalue weighted by molar-refractivity contribution is 9.10. The lowest BCUT2D eigenvalue weighted by molar-refractivity contribution is 0.180. The summed E-state index contributed by atoms with van der Waals surface area (Å²) >= 11 is 9.17. The van der Waals surface area contributed by atoms with E-state index in [1.807, 2.05) is 31.2 Å². The Morgan fingerprint density at radius 2 is 2.00 bits per heavy atom. The third-order valence-corrected chi connectivity index (χ3v) is 3.59. The molecule has 0 fully saturated rings. The van der Waals surface area contributed by atoms with E-state index in [1.54, 1.807) is 0 Å². The van der Waals surface area contributed by atoms with Gasteiger partial charge in [-0.25, -0.2) is 4.39 Å². The lowest BCUT2D eigenvalue weighted by Crippen LogP contribution is -2.29. The first-order valence-electron chi connectivity index (χ1n) is 6.10. The van der Waals surface area contributed by atoms with Crippen LogP contribution in [0.1, 0.15) is 18.6 Å². The van der Waals surface area contributed by atoms with Gasteiger partial charge in [-0.3, -0.25) is 0 Å². The molecule has 0 heterocycles. The molecule has 0 saturated heterocycles. The molecule has 0 spiro atoms. The summed E-state index contributed by atoms with van der Waals surface area (Å²) < 4.78 is 20.0. The molecule has 2 N–H and O–H groups in total. The van der Waals surface area contributed by atoms with Gasteiger partial charge in [0.2, 0.25) is 0 Å².